The fourth-order valence-electron chi connectivity index (χ4n) is 2.91. The van der Waals surface area contributed by atoms with E-state index in [0.29, 0.717) is 0 Å². The summed E-state index contributed by atoms with van der Waals surface area (Å²) in [6.45, 7) is 6.85. The molecule has 110 valence electrons. The second-order valence-electron chi connectivity index (χ2n) is 5.72. The number of hydrogen-bond acceptors (Lipinski definition) is 3. The van der Waals surface area contributed by atoms with Crippen molar-refractivity contribution in [1.29, 1.82) is 0 Å². The lowest BCUT2D eigenvalue weighted by atomic mass is 9.96. The van der Waals surface area contributed by atoms with Crippen molar-refractivity contribution in [3.05, 3.63) is 28.8 Å². The van der Waals surface area contributed by atoms with Gasteiger partial charge in [0.1, 0.15) is 5.75 Å². The van der Waals surface area contributed by atoms with Crippen LogP contribution < -0.4 is 10.5 Å². The van der Waals surface area contributed by atoms with Crippen molar-refractivity contribution in [2.45, 2.75) is 33.2 Å². The summed E-state index contributed by atoms with van der Waals surface area (Å²) in [5.74, 6) is 0.764. The van der Waals surface area contributed by atoms with Gasteiger partial charge in [-0.25, -0.2) is 0 Å². The van der Waals surface area contributed by atoms with Crippen LogP contribution in [-0.4, -0.2) is 31.0 Å². The number of hydrogen-bond donors (Lipinski definition) is 1. The lowest BCUT2D eigenvalue weighted by molar-refractivity contribution is -0.123. The first-order valence-electron chi connectivity index (χ1n) is 7.17. The number of piperidine rings is 1. The third-order valence-electron chi connectivity index (χ3n) is 4.16. The Bertz CT molecular complexity index is 499. The summed E-state index contributed by atoms with van der Waals surface area (Å²) < 4.78 is 5.34. The summed E-state index contributed by atoms with van der Waals surface area (Å²) in [7, 11) is 1.70. The molecule has 4 heteroatoms. The predicted molar refractivity (Wildman–Crippen MR) is 79.7 cm³/mol. The average Bonchev–Trinajstić information content (AvgIpc) is 2.42. The van der Waals surface area contributed by atoms with Crippen LogP contribution in [0.3, 0.4) is 0 Å². The van der Waals surface area contributed by atoms with Crippen LogP contribution in [0.4, 0.5) is 0 Å². The van der Waals surface area contributed by atoms with E-state index in [9.17, 15) is 4.79 Å². The summed E-state index contributed by atoms with van der Waals surface area (Å²) >= 11 is 0. The van der Waals surface area contributed by atoms with E-state index in [1.807, 2.05) is 0 Å². The predicted octanol–water partition coefficient (Wildman–Crippen LogP) is 2.01. The molecule has 20 heavy (non-hydrogen) atoms. The van der Waals surface area contributed by atoms with Gasteiger partial charge >= 0.3 is 0 Å². The number of rotatable bonds is 4. The van der Waals surface area contributed by atoms with Gasteiger partial charge in [0.2, 0.25) is 5.91 Å². The number of amides is 1. The van der Waals surface area contributed by atoms with E-state index in [0.717, 1.165) is 43.8 Å². The summed E-state index contributed by atoms with van der Waals surface area (Å²) in [6, 6.07) is 4.27. The highest BCUT2D eigenvalue weighted by Gasteiger charge is 2.24. The van der Waals surface area contributed by atoms with Gasteiger partial charge in [0, 0.05) is 13.1 Å². The third-order valence-corrected chi connectivity index (χ3v) is 4.16. The van der Waals surface area contributed by atoms with E-state index in [2.05, 4.69) is 30.9 Å². The summed E-state index contributed by atoms with van der Waals surface area (Å²) in [4.78, 5) is 13.7. The van der Waals surface area contributed by atoms with Crippen molar-refractivity contribution in [3.63, 3.8) is 0 Å². The van der Waals surface area contributed by atoms with Crippen LogP contribution >= 0.6 is 0 Å². The topological polar surface area (TPSA) is 55.6 Å². The highest BCUT2D eigenvalue weighted by molar-refractivity contribution is 5.76. The van der Waals surface area contributed by atoms with Crippen molar-refractivity contribution >= 4 is 5.91 Å². The van der Waals surface area contributed by atoms with Crippen LogP contribution in [0, 0.1) is 19.8 Å². The summed E-state index contributed by atoms with van der Waals surface area (Å²) in [5, 5.41) is 0. The van der Waals surface area contributed by atoms with Gasteiger partial charge < -0.3 is 10.5 Å². The van der Waals surface area contributed by atoms with Crippen molar-refractivity contribution in [2.75, 3.05) is 20.2 Å². The molecule has 1 fully saturated rings. The lowest BCUT2D eigenvalue weighted by Crippen LogP contribution is -2.40. The molecule has 1 unspecified atom stereocenters. The minimum absolute atomic E-state index is 0.00315. The zero-order valence-electron chi connectivity index (χ0n) is 12.6. The fraction of sp³-hybridized carbons (Fsp3) is 0.562. The molecule has 2 N–H and O–H groups in total. The lowest BCUT2D eigenvalue weighted by Gasteiger charge is -2.31. The van der Waals surface area contributed by atoms with Crippen LogP contribution in [0.25, 0.3) is 0 Å². The fourth-order valence-corrected chi connectivity index (χ4v) is 2.91. The Morgan fingerprint density at radius 1 is 1.40 bits per heavy atom. The van der Waals surface area contributed by atoms with Crippen molar-refractivity contribution in [3.8, 4) is 5.75 Å². The summed E-state index contributed by atoms with van der Waals surface area (Å²) in [6.07, 6.45) is 1.97. The molecule has 1 amide bonds. The monoisotopic (exact) mass is 276 g/mol. The van der Waals surface area contributed by atoms with E-state index in [4.69, 9.17) is 10.5 Å². The maximum atomic E-state index is 11.3. The summed E-state index contributed by atoms with van der Waals surface area (Å²) in [5.41, 5.74) is 9.11. The number of aryl methyl sites for hydroxylation is 2. The minimum atomic E-state index is -0.169. The normalized spacial score (nSPS) is 19.9. The number of nitrogens with zero attached hydrogens (tertiary/aromatic N) is 1. The molecule has 1 saturated heterocycles. The third kappa shape index (κ3) is 3.31. The number of nitrogens with two attached hydrogens (primary N) is 1. The number of benzene rings is 1. The number of carbonyl (C=O) groups is 1. The Balaban J connectivity index is 2.10. The Kier molecular flexibility index (Phi) is 4.65. The first-order valence-corrected chi connectivity index (χ1v) is 7.17. The van der Waals surface area contributed by atoms with Gasteiger partial charge in [-0.2, -0.15) is 0 Å². The molecular weight excluding hydrogens is 252 g/mol. The number of primary amides is 1. The highest BCUT2D eigenvalue weighted by Crippen LogP contribution is 2.25. The van der Waals surface area contributed by atoms with E-state index < -0.39 is 0 Å². The molecule has 1 aromatic carbocycles. The van der Waals surface area contributed by atoms with Gasteiger partial charge in [0.25, 0.3) is 0 Å². The van der Waals surface area contributed by atoms with Crippen LogP contribution in [0.2, 0.25) is 0 Å². The first kappa shape index (κ1) is 14.9. The van der Waals surface area contributed by atoms with Gasteiger partial charge in [-0.15, -0.1) is 0 Å². The van der Waals surface area contributed by atoms with E-state index >= 15 is 0 Å². The van der Waals surface area contributed by atoms with Gasteiger partial charge in [0.15, 0.2) is 0 Å². The quantitative estimate of drug-likeness (QED) is 0.915. The van der Waals surface area contributed by atoms with Crippen molar-refractivity contribution in [1.82, 2.24) is 4.90 Å². The van der Waals surface area contributed by atoms with Crippen molar-refractivity contribution < 1.29 is 9.53 Å². The first-order chi connectivity index (χ1) is 9.51. The number of carbonyl (C=O) groups excluding carboxylic acids is 1. The van der Waals surface area contributed by atoms with Gasteiger partial charge in [-0.1, -0.05) is 6.07 Å². The standard InChI is InChI=1S/C16H24N2O2/c1-11-8-15(20-3)12(2)7-14(11)10-18-6-4-5-13(9-18)16(17)19/h7-8,13H,4-6,9-10H2,1-3H3,(H2,17,19). The smallest absolute Gasteiger partial charge is 0.221 e. The SMILES string of the molecule is COc1cc(C)c(CN2CCCC(C(N)=O)C2)cc1C. The molecular formula is C16H24N2O2. The molecule has 0 aromatic heterocycles. The maximum absolute atomic E-state index is 11.3. The molecule has 0 aliphatic carbocycles. The molecule has 4 nitrogen and oxygen atoms in total. The Labute approximate surface area is 120 Å². The number of ether oxygens (including phenoxy) is 1. The van der Waals surface area contributed by atoms with Crippen LogP contribution in [0.5, 0.6) is 5.75 Å². The van der Waals surface area contributed by atoms with Crippen LogP contribution in [0.15, 0.2) is 12.1 Å². The Hall–Kier alpha value is -1.55. The van der Waals surface area contributed by atoms with Crippen LogP contribution in [0.1, 0.15) is 29.5 Å². The van der Waals surface area contributed by atoms with Crippen LogP contribution in [-0.2, 0) is 11.3 Å². The zero-order chi connectivity index (χ0) is 14.7. The molecule has 1 atom stereocenters. The molecule has 0 radical (unpaired) electrons. The Morgan fingerprint density at radius 3 is 2.80 bits per heavy atom. The average molecular weight is 276 g/mol. The number of likely N-dealkylation sites (tertiary alicyclic amines) is 1. The van der Waals surface area contributed by atoms with Gasteiger partial charge in [0.05, 0.1) is 13.0 Å². The Morgan fingerprint density at radius 2 is 2.15 bits per heavy atom. The van der Waals surface area contributed by atoms with E-state index in [1.165, 1.54) is 11.1 Å². The number of methoxy groups -OCH3 is 1. The maximum Gasteiger partial charge on any atom is 0.221 e. The second-order valence-corrected chi connectivity index (χ2v) is 5.72. The molecule has 1 aromatic rings. The second kappa shape index (κ2) is 6.27. The largest absolute Gasteiger partial charge is 0.496 e. The molecule has 2 rings (SSSR count). The molecule has 1 aliphatic heterocycles. The van der Waals surface area contributed by atoms with Crippen molar-refractivity contribution in [2.24, 2.45) is 11.7 Å². The van der Waals surface area contributed by atoms with E-state index in [-0.39, 0.29) is 11.8 Å². The minimum Gasteiger partial charge on any atom is -0.496 e. The van der Waals surface area contributed by atoms with Gasteiger partial charge in [-0.05, 0) is 56.0 Å². The highest BCUT2D eigenvalue weighted by atomic mass is 16.5. The van der Waals surface area contributed by atoms with Gasteiger partial charge in [-0.3, -0.25) is 9.69 Å². The molecule has 1 aliphatic rings. The molecule has 0 bridgehead atoms. The zero-order valence-corrected chi connectivity index (χ0v) is 12.6. The molecule has 1 heterocycles. The van der Waals surface area contributed by atoms with E-state index in [1.54, 1.807) is 7.11 Å². The molecule has 0 saturated carbocycles. The molecule has 0 spiro atoms.